The Bertz CT molecular complexity index is 648. The lowest BCUT2D eigenvalue weighted by Crippen LogP contribution is -2.31. The van der Waals surface area contributed by atoms with Crippen molar-refractivity contribution in [3.8, 4) is 0 Å². The predicted octanol–water partition coefficient (Wildman–Crippen LogP) is 8.22. The Kier molecular flexibility index (Phi) is 6.79. The Labute approximate surface area is 172 Å². The zero-order chi connectivity index (χ0) is 19.5. The molecule has 156 valence electrons. The van der Waals surface area contributed by atoms with Crippen molar-refractivity contribution < 1.29 is 4.39 Å². The fourth-order valence-corrected chi connectivity index (χ4v) is 6.87. The Hall–Kier alpha value is -0.850. The summed E-state index contributed by atoms with van der Waals surface area (Å²) in [5.41, 5.74) is 3.85. The summed E-state index contributed by atoms with van der Waals surface area (Å²) >= 11 is 0. The first-order chi connectivity index (χ1) is 13.7. The fourth-order valence-electron chi connectivity index (χ4n) is 6.87. The van der Waals surface area contributed by atoms with Gasteiger partial charge in [0, 0.05) is 0 Å². The van der Waals surface area contributed by atoms with Crippen molar-refractivity contribution in [3.63, 3.8) is 0 Å². The van der Waals surface area contributed by atoms with Gasteiger partial charge in [0.2, 0.25) is 0 Å². The van der Waals surface area contributed by atoms with Crippen LogP contribution in [0.5, 0.6) is 0 Å². The van der Waals surface area contributed by atoms with E-state index in [0.29, 0.717) is 5.92 Å². The van der Waals surface area contributed by atoms with E-state index in [9.17, 15) is 0 Å². The van der Waals surface area contributed by atoms with Crippen molar-refractivity contribution in [1.82, 2.24) is 0 Å². The highest BCUT2D eigenvalue weighted by Gasteiger charge is 2.36. The lowest BCUT2D eigenvalue weighted by Gasteiger charge is -2.42. The lowest BCUT2D eigenvalue weighted by molar-refractivity contribution is 0.112. The van der Waals surface area contributed by atoms with Crippen LogP contribution in [0.3, 0.4) is 0 Å². The van der Waals surface area contributed by atoms with E-state index >= 15 is 4.39 Å². The molecule has 0 radical (unpaired) electrons. The fraction of sp³-hybridized carbons (Fsp3) is 0.778. The van der Waals surface area contributed by atoms with Gasteiger partial charge >= 0.3 is 0 Å². The number of unbranched alkanes of at least 4 members (excludes halogenated alkanes) is 1. The zero-order valence-electron chi connectivity index (χ0n) is 18.3. The van der Waals surface area contributed by atoms with E-state index in [-0.39, 0.29) is 5.82 Å². The summed E-state index contributed by atoms with van der Waals surface area (Å²) in [5.74, 6) is 4.14. The molecule has 0 amide bonds. The van der Waals surface area contributed by atoms with Crippen molar-refractivity contribution in [3.05, 3.63) is 34.6 Å². The van der Waals surface area contributed by atoms with Gasteiger partial charge in [0.25, 0.3) is 0 Å². The summed E-state index contributed by atoms with van der Waals surface area (Å²) in [4.78, 5) is 0. The van der Waals surface area contributed by atoms with Gasteiger partial charge in [-0.15, -0.1) is 0 Å². The van der Waals surface area contributed by atoms with Crippen LogP contribution >= 0.6 is 0 Å². The van der Waals surface area contributed by atoms with E-state index in [1.165, 1.54) is 94.6 Å². The number of aryl methyl sites for hydroxylation is 1. The molecule has 0 bridgehead atoms. The van der Waals surface area contributed by atoms with Crippen molar-refractivity contribution in [2.75, 3.05) is 0 Å². The molecule has 5 unspecified atom stereocenters. The number of fused-ring (bicyclic) bond motifs is 2. The molecule has 0 saturated heterocycles. The van der Waals surface area contributed by atoms with Crippen LogP contribution < -0.4 is 0 Å². The van der Waals surface area contributed by atoms with Gasteiger partial charge in [-0.3, -0.25) is 0 Å². The molecule has 0 N–H and O–H groups in total. The van der Waals surface area contributed by atoms with E-state index in [1.54, 1.807) is 0 Å². The van der Waals surface area contributed by atoms with Crippen LogP contribution in [0.2, 0.25) is 0 Å². The second kappa shape index (κ2) is 9.31. The van der Waals surface area contributed by atoms with E-state index in [1.807, 2.05) is 6.07 Å². The number of hydrogen-bond acceptors (Lipinski definition) is 0. The summed E-state index contributed by atoms with van der Waals surface area (Å²) in [6.45, 7) is 4.58. The van der Waals surface area contributed by atoms with E-state index in [2.05, 4.69) is 19.9 Å². The van der Waals surface area contributed by atoms with E-state index < -0.39 is 0 Å². The second-order valence-electron chi connectivity index (χ2n) is 10.4. The van der Waals surface area contributed by atoms with Gasteiger partial charge in [-0.05, 0) is 104 Å². The predicted molar refractivity (Wildman–Crippen MR) is 117 cm³/mol. The third-order valence-corrected chi connectivity index (χ3v) is 8.47. The largest absolute Gasteiger partial charge is 0.207 e. The molecule has 28 heavy (non-hydrogen) atoms. The summed E-state index contributed by atoms with van der Waals surface area (Å²) in [6.07, 6.45) is 18.4. The molecule has 2 saturated carbocycles. The van der Waals surface area contributed by atoms with Gasteiger partial charge in [-0.1, -0.05) is 58.4 Å². The number of benzene rings is 1. The molecule has 2 fully saturated rings. The Balaban J connectivity index is 1.41. The first-order valence-electron chi connectivity index (χ1n) is 12.5. The highest BCUT2D eigenvalue weighted by atomic mass is 19.1. The van der Waals surface area contributed by atoms with Gasteiger partial charge in [0.05, 0.1) is 0 Å². The van der Waals surface area contributed by atoms with Gasteiger partial charge in [0.1, 0.15) is 5.82 Å². The monoisotopic (exact) mass is 384 g/mol. The minimum absolute atomic E-state index is 0.107. The quantitative estimate of drug-likeness (QED) is 0.463. The molecule has 1 heteroatoms. The van der Waals surface area contributed by atoms with Crippen LogP contribution in [0.1, 0.15) is 114 Å². The molecule has 3 aliphatic carbocycles. The SMILES string of the molecule is CCCCC1CCC2CC(c3cc4c(cc3F)CC(CCC)CC4)CCC2C1. The van der Waals surface area contributed by atoms with Crippen LogP contribution in [0.15, 0.2) is 12.1 Å². The molecule has 1 aromatic carbocycles. The minimum Gasteiger partial charge on any atom is -0.207 e. The Morgan fingerprint density at radius 3 is 2.46 bits per heavy atom. The smallest absolute Gasteiger partial charge is 0.126 e. The van der Waals surface area contributed by atoms with Gasteiger partial charge in [-0.25, -0.2) is 4.39 Å². The van der Waals surface area contributed by atoms with Crippen molar-refractivity contribution in [1.29, 1.82) is 0 Å². The molecule has 1 aromatic rings. The molecular formula is C27H41F. The normalized spacial score (nSPS) is 32.6. The summed E-state index contributed by atoms with van der Waals surface area (Å²) in [6, 6.07) is 4.23. The Morgan fingerprint density at radius 1 is 0.821 bits per heavy atom. The summed E-state index contributed by atoms with van der Waals surface area (Å²) in [5, 5.41) is 0. The average Bonchev–Trinajstić information content (AvgIpc) is 2.71. The lowest BCUT2D eigenvalue weighted by atomic mass is 9.63. The highest BCUT2D eigenvalue weighted by molar-refractivity contribution is 5.37. The van der Waals surface area contributed by atoms with Crippen molar-refractivity contribution in [2.45, 2.75) is 110 Å². The summed E-state index contributed by atoms with van der Waals surface area (Å²) < 4.78 is 15.1. The molecular weight excluding hydrogens is 343 g/mol. The van der Waals surface area contributed by atoms with Crippen LogP contribution in [-0.2, 0) is 12.8 Å². The van der Waals surface area contributed by atoms with E-state index in [0.717, 1.165) is 35.7 Å². The van der Waals surface area contributed by atoms with Gasteiger partial charge in [-0.2, -0.15) is 0 Å². The van der Waals surface area contributed by atoms with Crippen LogP contribution in [0.25, 0.3) is 0 Å². The first-order valence-corrected chi connectivity index (χ1v) is 12.5. The highest BCUT2D eigenvalue weighted by Crippen LogP contribution is 2.49. The molecule has 0 aliphatic heterocycles. The third kappa shape index (κ3) is 4.49. The molecule has 5 atom stereocenters. The van der Waals surface area contributed by atoms with Crippen molar-refractivity contribution >= 4 is 0 Å². The first kappa shape index (κ1) is 20.4. The molecule has 4 rings (SSSR count). The maximum Gasteiger partial charge on any atom is 0.126 e. The van der Waals surface area contributed by atoms with Crippen LogP contribution in [0.4, 0.5) is 4.39 Å². The summed E-state index contributed by atoms with van der Waals surface area (Å²) in [7, 11) is 0. The third-order valence-electron chi connectivity index (χ3n) is 8.47. The van der Waals surface area contributed by atoms with Crippen molar-refractivity contribution in [2.24, 2.45) is 23.7 Å². The van der Waals surface area contributed by atoms with Crippen LogP contribution in [-0.4, -0.2) is 0 Å². The van der Waals surface area contributed by atoms with Crippen LogP contribution in [0, 0.1) is 29.5 Å². The zero-order valence-corrected chi connectivity index (χ0v) is 18.3. The number of rotatable bonds is 6. The standard InChI is InChI=1S/C27H41F/c1-3-5-7-20-9-10-22-16-24(13-12-21(22)14-20)26-17-23-11-8-19(6-4-2)15-25(23)18-27(26)28/h17-22,24H,3-16H2,1-2H3. The topological polar surface area (TPSA) is 0 Å². The minimum atomic E-state index is 0.107. The number of hydrogen-bond donors (Lipinski definition) is 0. The maximum absolute atomic E-state index is 15.1. The molecule has 0 aromatic heterocycles. The Morgan fingerprint density at radius 2 is 1.64 bits per heavy atom. The van der Waals surface area contributed by atoms with E-state index in [4.69, 9.17) is 0 Å². The van der Waals surface area contributed by atoms with Gasteiger partial charge < -0.3 is 0 Å². The molecule has 0 spiro atoms. The molecule has 0 nitrogen and oxygen atoms in total. The molecule has 3 aliphatic rings. The molecule has 0 heterocycles. The second-order valence-corrected chi connectivity index (χ2v) is 10.4. The maximum atomic E-state index is 15.1. The van der Waals surface area contributed by atoms with Gasteiger partial charge in [0.15, 0.2) is 0 Å². The average molecular weight is 385 g/mol. The number of halogens is 1.